The first-order valence-electron chi connectivity index (χ1n) is 6.99. The van der Waals surface area contributed by atoms with E-state index in [0.29, 0.717) is 11.0 Å². The smallest absolute Gasteiger partial charge is 0.159 e. The summed E-state index contributed by atoms with van der Waals surface area (Å²) in [6.07, 6.45) is 3.91. The summed E-state index contributed by atoms with van der Waals surface area (Å²) in [6.45, 7) is 8.46. The maximum absolute atomic E-state index is 5.89. The minimum Gasteiger partial charge on any atom is -0.389 e. The van der Waals surface area contributed by atoms with E-state index in [0.717, 1.165) is 48.3 Å². The Morgan fingerprint density at radius 3 is 2.42 bits per heavy atom. The summed E-state index contributed by atoms with van der Waals surface area (Å²) < 4.78 is 0. The van der Waals surface area contributed by atoms with Crippen LogP contribution >= 0.6 is 12.2 Å². The lowest BCUT2D eigenvalue weighted by molar-refractivity contribution is 0.683. The Bertz CT molecular complexity index is 445. The van der Waals surface area contributed by atoms with Crippen molar-refractivity contribution in [2.24, 2.45) is 5.73 Å². The maximum atomic E-state index is 5.89. The van der Waals surface area contributed by atoms with E-state index < -0.39 is 0 Å². The fraction of sp³-hybridized carbons (Fsp3) is 0.643. The number of thiocarbonyl (C=S) groups is 1. The molecule has 0 saturated heterocycles. The molecule has 0 aliphatic heterocycles. The van der Waals surface area contributed by atoms with Crippen LogP contribution in [0.3, 0.4) is 0 Å². The molecule has 0 aromatic carbocycles. The third-order valence-corrected chi connectivity index (χ3v) is 3.40. The van der Waals surface area contributed by atoms with Crippen LogP contribution in [0.2, 0.25) is 0 Å². The van der Waals surface area contributed by atoms with Crippen LogP contribution in [0.25, 0.3) is 0 Å². The summed E-state index contributed by atoms with van der Waals surface area (Å²) in [5.74, 6) is 0.725. The molecule has 3 N–H and O–H groups in total. The van der Waals surface area contributed by atoms with Gasteiger partial charge in [-0.3, -0.25) is 0 Å². The predicted octanol–water partition coefficient (Wildman–Crippen LogP) is 2.84. The Labute approximate surface area is 121 Å². The minimum atomic E-state index is 0.338. The molecule has 5 heteroatoms. The summed E-state index contributed by atoms with van der Waals surface area (Å²) in [5.41, 5.74) is 8.86. The monoisotopic (exact) mass is 280 g/mol. The van der Waals surface area contributed by atoms with Crippen molar-refractivity contribution >= 4 is 23.0 Å². The van der Waals surface area contributed by atoms with Crippen LogP contribution in [0.5, 0.6) is 0 Å². The van der Waals surface area contributed by atoms with Crippen molar-refractivity contribution in [3.8, 4) is 0 Å². The molecule has 0 amide bonds. The zero-order valence-electron chi connectivity index (χ0n) is 12.3. The summed E-state index contributed by atoms with van der Waals surface area (Å²) in [4.78, 5) is 0.396. The van der Waals surface area contributed by atoms with Gasteiger partial charge in [0.1, 0.15) is 4.99 Å². The lowest BCUT2D eigenvalue weighted by Crippen LogP contribution is -2.23. The molecular weight excluding hydrogens is 256 g/mol. The summed E-state index contributed by atoms with van der Waals surface area (Å²) in [5, 5.41) is 11.9. The number of nitrogens with zero attached hydrogens (tertiary/aromatic N) is 2. The molecule has 0 bridgehead atoms. The lowest BCUT2D eigenvalue weighted by Gasteiger charge is -2.19. The number of nitrogens with one attached hydrogen (secondary N) is 1. The zero-order valence-corrected chi connectivity index (χ0v) is 13.1. The first-order chi connectivity index (χ1) is 9.04. The van der Waals surface area contributed by atoms with Gasteiger partial charge in [0.15, 0.2) is 5.82 Å². The molecule has 0 spiro atoms. The second-order valence-electron chi connectivity index (χ2n) is 4.75. The van der Waals surface area contributed by atoms with Gasteiger partial charge in [-0.05, 0) is 31.7 Å². The van der Waals surface area contributed by atoms with Gasteiger partial charge < -0.3 is 11.1 Å². The van der Waals surface area contributed by atoms with E-state index in [2.05, 4.69) is 43.2 Å². The van der Waals surface area contributed by atoms with E-state index in [1.165, 1.54) is 0 Å². The van der Waals surface area contributed by atoms with Gasteiger partial charge in [0.2, 0.25) is 0 Å². The van der Waals surface area contributed by atoms with Gasteiger partial charge in [-0.15, -0.1) is 5.10 Å². The summed E-state index contributed by atoms with van der Waals surface area (Å²) in [7, 11) is 0. The fourth-order valence-electron chi connectivity index (χ4n) is 2.28. The van der Waals surface area contributed by atoms with Crippen molar-refractivity contribution in [1.29, 1.82) is 0 Å². The molecular formula is C14H24N4S. The first-order valence-corrected chi connectivity index (χ1v) is 7.40. The van der Waals surface area contributed by atoms with Crippen LogP contribution in [-0.2, 0) is 12.8 Å². The van der Waals surface area contributed by atoms with Crippen LogP contribution < -0.4 is 11.1 Å². The van der Waals surface area contributed by atoms with Crippen molar-refractivity contribution in [2.75, 3.05) is 5.32 Å². The molecule has 4 nitrogen and oxygen atoms in total. The highest BCUT2D eigenvalue weighted by Crippen LogP contribution is 2.22. The quantitative estimate of drug-likeness (QED) is 0.752. The van der Waals surface area contributed by atoms with E-state index in [9.17, 15) is 0 Å². The number of hydrogen-bond donors (Lipinski definition) is 2. The molecule has 0 radical (unpaired) electrons. The van der Waals surface area contributed by atoms with Gasteiger partial charge in [0.25, 0.3) is 0 Å². The lowest BCUT2D eigenvalue weighted by atomic mass is 10.0. The van der Waals surface area contributed by atoms with E-state index >= 15 is 0 Å². The fourth-order valence-corrected chi connectivity index (χ4v) is 2.50. The van der Waals surface area contributed by atoms with E-state index in [1.54, 1.807) is 0 Å². The number of nitrogens with two attached hydrogens (primary N) is 1. The Balaban J connectivity index is 3.20. The maximum Gasteiger partial charge on any atom is 0.159 e. The van der Waals surface area contributed by atoms with Crippen molar-refractivity contribution in [3.05, 3.63) is 16.8 Å². The number of rotatable bonds is 7. The van der Waals surface area contributed by atoms with Crippen molar-refractivity contribution < 1.29 is 0 Å². The topological polar surface area (TPSA) is 63.8 Å². The van der Waals surface area contributed by atoms with Gasteiger partial charge in [0, 0.05) is 6.04 Å². The molecule has 0 fully saturated rings. The second-order valence-corrected chi connectivity index (χ2v) is 5.19. The van der Waals surface area contributed by atoms with Gasteiger partial charge in [-0.1, -0.05) is 39.4 Å². The molecule has 0 aliphatic rings. The average Bonchev–Trinajstić information content (AvgIpc) is 2.37. The Morgan fingerprint density at radius 2 is 1.95 bits per heavy atom. The zero-order chi connectivity index (χ0) is 14.4. The normalized spacial score (nSPS) is 12.2. The highest BCUT2D eigenvalue weighted by Gasteiger charge is 2.17. The number of aromatic nitrogens is 2. The SMILES string of the molecule is CCCC(C)Nc1nnc(CC)c(CC)c1C(N)=S. The third kappa shape index (κ3) is 3.86. The Kier molecular flexibility index (Phi) is 6.15. The van der Waals surface area contributed by atoms with Crippen LogP contribution in [-0.4, -0.2) is 21.2 Å². The third-order valence-electron chi connectivity index (χ3n) is 3.20. The molecule has 1 aromatic heterocycles. The number of hydrogen-bond acceptors (Lipinski definition) is 4. The highest BCUT2D eigenvalue weighted by atomic mass is 32.1. The van der Waals surface area contributed by atoms with Gasteiger partial charge in [0.05, 0.1) is 11.3 Å². The first kappa shape index (κ1) is 15.8. The van der Waals surface area contributed by atoms with Crippen LogP contribution in [0.4, 0.5) is 5.82 Å². The van der Waals surface area contributed by atoms with E-state index in [-0.39, 0.29) is 0 Å². The number of anilines is 1. The van der Waals surface area contributed by atoms with Gasteiger partial charge in [-0.25, -0.2) is 0 Å². The average molecular weight is 280 g/mol. The molecule has 0 saturated carbocycles. The minimum absolute atomic E-state index is 0.338. The Hall–Kier alpha value is -1.23. The van der Waals surface area contributed by atoms with E-state index in [1.807, 2.05) is 0 Å². The molecule has 1 atom stereocenters. The van der Waals surface area contributed by atoms with Gasteiger partial charge in [-0.2, -0.15) is 5.10 Å². The van der Waals surface area contributed by atoms with Crippen molar-refractivity contribution in [2.45, 2.75) is 59.4 Å². The van der Waals surface area contributed by atoms with Crippen LogP contribution in [0.1, 0.15) is 57.4 Å². The van der Waals surface area contributed by atoms with Crippen molar-refractivity contribution in [3.63, 3.8) is 0 Å². The van der Waals surface area contributed by atoms with Crippen molar-refractivity contribution in [1.82, 2.24) is 10.2 Å². The van der Waals surface area contributed by atoms with Crippen LogP contribution in [0, 0.1) is 0 Å². The number of aryl methyl sites for hydroxylation is 1. The summed E-state index contributed by atoms with van der Waals surface area (Å²) >= 11 is 5.20. The summed E-state index contributed by atoms with van der Waals surface area (Å²) in [6, 6.07) is 0.338. The van der Waals surface area contributed by atoms with E-state index in [4.69, 9.17) is 18.0 Å². The molecule has 19 heavy (non-hydrogen) atoms. The molecule has 0 aliphatic carbocycles. The molecule has 1 unspecified atom stereocenters. The standard InChI is InChI=1S/C14H24N4S/c1-5-8-9(4)16-14-12(13(15)19)10(6-2)11(7-3)17-18-14/h9H,5-8H2,1-4H3,(H2,15,19)(H,16,18). The second kappa shape index (κ2) is 7.38. The molecule has 1 heterocycles. The van der Waals surface area contributed by atoms with Crippen LogP contribution in [0.15, 0.2) is 0 Å². The predicted molar refractivity (Wildman–Crippen MR) is 84.7 cm³/mol. The Morgan fingerprint density at radius 1 is 1.26 bits per heavy atom. The largest absolute Gasteiger partial charge is 0.389 e. The molecule has 1 aromatic rings. The molecule has 1 rings (SSSR count). The highest BCUT2D eigenvalue weighted by molar-refractivity contribution is 7.80. The molecule has 106 valence electrons. The van der Waals surface area contributed by atoms with Gasteiger partial charge >= 0.3 is 0 Å².